The molecule has 0 saturated heterocycles. The summed E-state index contributed by atoms with van der Waals surface area (Å²) in [5.41, 5.74) is 0.640. The molecule has 16 heavy (non-hydrogen) atoms. The summed E-state index contributed by atoms with van der Waals surface area (Å²) in [6, 6.07) is 7.47. The zero-order chi connectivity index (χ0) is 12.0. The lowest BCUT2D eigenvalue weighted by Gasteiger charge is -2.01. The minimum absolute atomic E-state index is 0.0385. The van der Waals surface area contributed by atoms with Crippen molar-refractivity contribution in [3.05, 3.63) is 48.4 Å². The molecule has 0 atom stereocenters. The lowest BCUT2D eigenvalue weighted by atomic mass is 10.2. The predicted molar refractivity (Wildman–Crippen MR) is 64.9 cm³/mol. The SMILES string of the molecule is CC.CC(=O)c1ccc(-n2cccc2)nc1. The molecule has 0 unspecified atom stereocenters. The summed E-state index contributed by atoms with van der Waals surface area (Å²) >= 11 is 0. The van der Waals surface area contributed by atoms with Crippen LogP contribution in [0.1, 0.15) is 31.1 Å². The Morgan fingerprint density at radius 2 is 1.81 bits per heavy atom. The first-order chi connectivity index (χ1) is 7.77. The highest BCUT2D eigenvalue weighted by molar-refractivity contribution is 5.93. The van der Waals surface area contributed by atoms with Gasteiger partial charge in [-0.1, -0.05) is 13.8 Å². The molecule has 0 spiro atoms. The van der Waals surface area contributed by atoms with Gasteiger partial charge in [0.2, 0.25) is 0 Å². The molecule has 2 aromatic heterocycles. The molecule has 2 aromatic rings. The number of pyridine rings is 1. The standard InChI is InChI=1S/C11H10N2O.C2H6/c1-9(14)10-4-5-11(12-8-10)13-6-2-3-7-13;1-2/h2-8H,1H3;1-2H3. The smallest absolute Gasteiger partial charge is 0.161 e. The summed E-state index contributed by atoms with van der Waals surface area (Å²) in [5, 5.41) is 0. The van der Waals surface area contributed by atoms with Crippen molar-refractivity contribution >= 4 is 5.78 Å². The summed E-state index contributed by atoms with van der Waals surface area (Å²) in [6.45, 7) is 5.53. The third kappa shape index (κ3) is 2.79. The molecule has 0 bridgehead atoms. The molecule has 0 aliphatic heterocycles. The van der Waals surface area contributed by atoms with E-state index in [0.717, 1.165) is 5.82 Å². The van der Waals surface area contributed by atoms with E-state index in [9.17, 15) is 4.79 Å². The Balaban J connectivity index is 0.000000606. The van der Waals surface area contributed by atoms with Crippen molar-refractivity contribution in [3.63, 3.8) is 0 Å². The van der Waals surface area contributed by atoms with Gasteiger partial charge in [-0.05, 0) is 31.2 Å². The molecular formula is C13H16N2O. The second-order valence-corrected chi connectivity index (χ2v) is 3.05. The van der Waals surface area contributed by atoms with E-state index in [4.69, 9.17) is 0 Å². The van der Waals surface area contributed by atoms with Crippen LogP contribution in [0.4, 0.5) is 0 Å². The molecule has 2 rings (SSSR count). The Kier molecular flexibility index (Phi) is 4.45. The highest BCUT2D eigenvalue weighted by atomic mass is 16.1. The Labute approximate surface area is 95.8 Å². The molecule has 3 heteroatoms. The first-order valence-electron chi connectivity index (χ1n) is 5.38. The van der Waals surface area contributed by atoms with Crippen LogP contribution in [0.15, 0.2) is 42.9 Å². The Morgan fingerprint density at radius 1 is 1.19 bits per heavy atom. The second kappa shape index (κ2) is 5.85. The number of Topliss-reactive ketones (excluding diaryl/α,β-unsaturated/α-hetero) is 1. The molecule has 84 valence electrons. The van der Waals surface area contributed by atoms with Gasteiger partial charge in [0.15, 0.2) is 5.78 Å². The fourth-order valence-electron chi connectivity index (χ4n) is 1.23. The summed E-state index contributed by atoms with van der Waals surface area (Å²) in [4.78, 5) is 15.2. The number of carbonyl (C=O) groups is 1. The van der Waals surface area contributed by atoms with E-state index in [1.807, 2.05) is 49.0 Å². The molecule has 0 amide bonds. The topological polar surface area (TPSA) is 34.9 Å². The van der Waals surface area contributed by atoms with Crippen LogP contribution in [0.2, 0.25) is 0 Å². The maximum atomic E-state index is 11.0. The number of nitrogens with zero attached hydrogens (tertiary/aromatic N) is 2. The molecule has 0 aliphatic rings. The fraction of sp³-hybridized carbons (Fsp3) is 0.231. The van der Waals surface area contributed by atoms with Crippen molar-refractivity contribution in [1.82, 2.24) is 9.55 Å². The number of hydrogen-bond donors (Lipinski definition) is 0. The predicted octanol–water partition coefficient (Wildman–Crippen LogP) is 3.10. The van der Waals surface area contributed by atoms with Crippen LogP contribution in [0, 0.1) is 0 Å². The first kappa shape index (κ1) is 12.2. The normalized spacial score (nSPS) is 9.19. The lowest BCUT2D eigenvalue weighted by Crippen LogP contribution is -1.97. The van der Waals surface area contributed by atoms with Crippen molar-refractivity contribution < 1.29 is 4.79 Å². The van der Waals surface area contributed by atoms with Gasteiger partial charge < -0.3 is 4.57 Å². The summed E-state index contributed by atoms with van der Waals surface area (Å²) in [7, 11) is 0. The maximum Gasteiger partial charge on any atom is 0.161 e. The van der Waals surface area contributed by atoms with Gasteiger partial charge in [0.1, 0.15) is 5.82 Å². The second-order valence-electron chi connectivity index (χ2n) is 3.05. The van der Waals surface area contributed by atoms with Crippen molar-refractivity contribution in [3.8, 4) is 5.82 Å². The van der Waals surface area contributed by atoms with Crippen molar-refractivity contribution in [2.75, 3.05) is 0 Å². The van der Waals surface area contributed by atoms with Crippen LogP contribution in [0.5, 0.6) is 0 Å². The zero-order valence-electron chi connectivity index (χ0n) is 9.84. The third-order valence-corrected chi connectivity index (χ3v) is 2.02. The van der Waals surface area contributed by atoms with E-state index in [1.54, 1.807) is 12.3 Å². The fourth-order valence-corrected chi connectivity index (χ4v) is 1.23. The summed E-state index contributed by atoms with van der Waals surface area (Å²) < 4.78 is 1.89. The van der Waals surface area contributed by atoms with E-state index >= 15 is 0 Å². The monoisotopic (exact) mass is 216 g/mol. The van der Waals surface area contributed by atoms with Crippen LogP contribution in [0.25, 0.3) is 5.82 Å². The van der Waals surface area contributed by atoms with E-state index in [1.165, 1.54) is 6.92 Å². The van der Waals surface area contributed by atoms with E-state index in [-0.39, 0.29) is 5.78 Å². The molecule has 0 radical (unpaired) electrons. The Morgan fingerprint density at radius 3 is 2.25 bits per heavy atom. The van der Waals surface area contributed by atoms with Crippen LogP contribution in [0.3, 0.4) is 0 Å². The molecule has 0 aromatic carbocycles. The number of carbonyl (C=O) groups excluding carboxylic acids is 1. The average Bonchev–Trinajstić information content (AvgIpc) is 2.85. The highest BCUT2D eigenvalue weighted by Crippen LogP contribution is 2.06. The molecule has 0 fully saturated rings. The Hall–Kier alpha value is -1.90. The van der Waals surface area contributed by atoms with Crippen LogP contribution >= 0.6 is 0 Å². The van der Waals surface area contributed by atoms with Crippen molar-refractivity contribution in [2.45, 2.75) is 20.8 Å². The highest BCUT2D eigenvalue weighted by Gasteiger charge is 2.00. The molecule has 2 heterocycles. The van der Waals surface area contributed by atoms with Gasteiger partial charge >= 0.3 is 0 Å². The first-order valence-corrected chi connectivity index (χ1v) is 5.38. The van der Waals surface area contributed by atoms with Crippen LogP contribution in [-0.2, 0) is 0 Å². The van der Waals surface area contributed by atoms with Gasteiger partial charge in [-0.3, -0.25) is 4.79 Å². The van der Waals surface area contributed by atoms with Gasteiger partial charge in [-0.2, -0.15) is 0 Å². The van der Waals surface area contributed by atoms with E-state index in [2.05, 4.69) is 4.98 Å². The van der Waals surface area contributed by atoms with Gasteiger partial charge in [-0.25, -0.2) is 4.98 Å². The van der Waals surface area contributed by atoms with Gasteiger partial charge in [0, 0.05) is 24.2 Å². The third-order valence-electron chi connectivity index (χ3n) is 2.02. The number of ketones is 1. The van der Waals surface area contributed by atoms with E-state index in [0.29, 0.717) is 5.56 Å². The van der Waals surface area contributed by atoms with Gasteiger partial charge in [0.25, 0.3) is 0 Å². The van der Waals surface area contributed by atoms with E-state index < -0.39 is 0 Å². The number of aromatic nitrogens is 2. The summed E-state index contributed by atoms with van der Waals surface area (Å²) in [5.74, 6) is 0.858. The number of hydrogen-bond acceptors (Lipinski definition) is 2. The number of rotatable bonds is 2. The maximum absolute atomic E-state index is 11.0. The summed E-state index contributed by atoms with van der Waals surface area (Å²) in [6.07, 6.45) is 5.42. The quantitative estimate of drug-likeness (QED) is 0.723. The average molecular weight is 216 g/mol. The molecule has 0 aliphatic carbocycles. The minimum atomic E-state index is 0.0385. The molecular weight excluding hydrogens is 200 g/mol. The Bertz CT molecular complexity index is 429. The van der Waals surface area contributed by atoms with Crippen molar-refractivity contribution in [1.29, 1.82) is 0 Å². The van der Waals surface area contributed by atoms with Crippen LogP contribution < -0.4 is 0 Å². The molecule has 3 nitrogen and oxygen atoms in total. The van der Waals surface area contributed by atoms with Crippen molar-refractivity contribution in [2.24, 2.45) is 0 Å². The molecule has 0 N–H and O–H groups in total. The largest absolute Gasteiger partial charge is 0.309 e. The lowest BCUT2D eigenvalue weighted by molar-refractivity contribution is 0.101. The van der Waals surface area contributed by atoms with Crippen LogP contribution in [-0.4, -0.2) is 15.3 Å². The zero-order valence-corrected chi connectivity index (χ0v) is 9.84. The molecule has 0 saturated carbocycles. The van der Waals surface area contributed by atoms with Gasteiger partial charge in [-0.15, -0.1) is 0 Å². The van der Waals surface area contributed by atoms with Gasteiger partial charge in [0.05, 0.1) is 0 Å². The minimum Gasteiger partial charge on any atom is -0.309 e.